The number of rotatable bonds is 2. The van der Waals surface area contributed by atoms with Gasteiger partial charge in [0.1, 0.15) is 118 Å². The molecule has 0 amide bonds. The van der Waals surface area contributed by atoms with Crippen LogP contribution in [0.1, 0.15) is 22.3 Å². The van der Waals surface area contributed by atoms with E-state index in [9.17, 15) is 89.6 Å². The average Bonchev–Trinajstić information content (AvgIpc) is 0.925. The highest BCUT2D eigenvalue weighted by atomic mass is 19.2. The van der Waals surface area contributed by atoms with Crippen molar-refractivity contribution in [3.05, 3.63) is 204 Å². The van der Waals surface area contributed by atoms with E-state index in [-0.39, 0.29) is 0 Å². The predicted octanol–water partition coefficient (Wildman–Crippen LogP) is 8.43. The molecule has 0 aliphatic rings. The smallest absolute Gasteiger partial charge is 0.238 e. The average molecular weight is 1220 g/mol. The Balaban J connectivity index is 0.000000307. The lowest BCUT2D eigenvalue weighted by Crippen LogP contribution is -2.31. The van der Waals surface area contributed by atoms with E-state index < -0.39 is 226 Å². The van der Waals surface area contributed by atoms with Crippen molar-refractivity contribution in [2.45, 2.75) is 0 Å². The molecule has 0 fully saturated rings. The lowest BCUT2D eigenvalue weighted by atomic mass is 9.95. The van der Waals surface area contributed by atoms with Crippen molar-refractivity contribution in [2.75, 3.05) is 0 Å². The second-order valence-electron chi connectivity index (χ2n) is 15.3. The number of hydrogen-bond acceptors (Lipinski definition) is 11. The van der Waals surface area contributed by atoms with Crippen molar-refractivity contribution in [2.24, 2.45) is 0 Å². The Bertz CT molecular complexity index is 4860. The van der Waals surface area contributed by atoms with Crippen molar-refractivity contribution in [1.29, 1.82) is 57.9 Å². The molecule has 34 heteroatoms. The van der Waals surface area contributed by atoms with Gasteiger partial charge in [-0.3, -0.25) is 0 Å². The van der Waals surface area contributed by atoms with Crippen molar-refractivity contribution < 1.29 is 87.8 Å². The molecule has 0 unspecified atom stereocenters. The largest absolute Gasteiger partial charge is 0.262 e. The summed E-state index contributed by atoms with van der Waals surface area (Å²) in [7, 11) is 0. The summed E-state index contributed by atoms with van der Waals surface area (Å²) in [5, 5.41) is 83.1. The first-order valence-corrected chi connectivity index (χ1v) is 21.1. The fraction of sp³-hybridized carbons (Fsp3) is 0. The topological polar surface area (TPSA) is 275 Å². The maximum absolute atomic E-state index is 15.7. The minimum atomic E-state index is -2.48. The number of nitriles is 11. The van der Waals surface area contributed by atoms with E-state index in [1.807, 2.05) is 0 Å². The second-order valence-corrected chi connectivity index (χ2v) is 15.3. The van der Waals surface area contributed by atoms with E-state index in [1.165, 1.54) is 0 Å². The second kappa shape index (κ2) is 26.4. The van der Waals surface area contributed by atoms with Gasteiger partial charge in [0.25, 0.3) is 5.69 Å². The monoisotopic (exact) mass is 1220 g/mol. The Labute approximate surface area is 471 Å². The first-order chi connectivity index (χ1) is 41.5. The van der Waals surface area contributed by atoms with E-state index >= 15 is 8.78 Å². The van der Waals surface area contributed by atoms with Crippen LogP contribution in [-0.4, -0.2) is 0 Å². The molecular weight excluding hydrogens is 1220 g/mol. The summed E-state index contributed by atoms with van der Waals surface area (Å²) in [5.41, 5.74) is -20.1. The third-order valence-corrected chi connectivity index (χ3v) is 11.1. The number of halogens is 20. The Morgan fingerprint density at radius 1 is 0.261 bits per heavy atom. The quantitative estimate of drug-likeness (QED) is 0.0901. The molecule has 0 spiro atoms. The predicted molar refractivity (Wildman–Crippen MR) is 244 cm³/mol. The van der Waals surface area contributed by atoms with Crippen molar-refractivity contribution in [1.82, 2.24) is 0 Å². The van der Waals surface area contributed by atoms with Gasteiger partial charge in [-0.05, 0) is 0 Å². The van der Waals surface area contributed by atoms with Crippen LogP contribution in [0.2, 0.25) is 0 Å². The van der Waals surface area contributed by atoms with Crippen LogP contribution in [0.5, 0.6) is 0 Å². The van der Waals surface area contributed by atoms with Gasteiger partial charge in [0.15, 0.2) is 98.8 Å². The van der Waals surface area contributed by atoms with Crippen molar-refractivity contribution >= 4 is 55.7 Å². The molecule has 0 aliphatic heterocycles. The molecule has 0 aliphatic carbocycles. The fourth-order valence-corrected chi connectivity index (χ4v) is 7.26. The molecule has 0 bridgehead atoms. The standard InChI is InChI=1S/C26F10N6.C16F6N4.C12F4N4/c1-40-24(12-19(32)15(28)9(6-39)16(29)20(12)33)13-14(27)8(5-38)10(21(34)25(13)41-2)7(4-37)11-17(30)22(35)26(42-3)23(36)18(11)31;17-11-7(5(1-23)2-24)13(19)15(21)10-9(11)16(22)14(20)8(12(10)18)6(3-25)4-26;13-9-7(5(1-17)2-18)10(14)12(16)8(11(9)15)6(3-19)4-20/b10-7-,24-13-;;. The molecule has 0 saturated carbocycles. The maximum atomic E-state index is 15.7. The highest BCUT2D eigenvalue weighted by Gasteiger charge is 2.34. The van der Waals surface area contributed by atoms with Crippen LogP contribution in [0.4, 0.5) is 99.2 Å². The minimum absolute atomic E-state index is 0.790. The third kappa shape index (κ3) is 10.6. The molecule has 0 aromatic heterocycles. The number of nitrogens with zero attached hydrogens (tertiary/aromatic N) is 14. The van der Waals surface area contributed by atoms with Crippen LogP contribution in [0.15, 0.2) is 0 Å². The maximum Gasteiger partial charge on any atom is 0.262 e. The molecule has 6 aromatic rings. The van der Waals surface area contributed by atoms with Crippen LogP contribution in [0, 0.1) is 261 Å². The first-order valence-electron chi connectivity index (χ1n) is 21.1. The molecule has 0 atom stereocenters. The Kier molecular flexibility index (Phi) is 20.1. The van der Waals surface area contributed by atoms with Crippen molar-refractivity contribution in [3.63, 3.8) is 0 Å². The van der Waals surface area contributed by atoms with Gasteiger partial charge in [0, 0.05) is 10.4 Å². The summed E-state index contributed by atoms with van der Waals surface area (Å²) in [5.74, 6) is -45.2. The highest BCUT2D eigenvalue weighted by molar-refractivity contribution is 5.89. The van der Waals surface area contributed by atoms with Crippen LogP contribution in [-0.2, 0) is 0 Å². The minimum Gasteiger partial charge on any atom is -0.238 e. The van der Waals surface area contributed by atoms with Crippen LogP contribution in [0.25, 0.3) is 58.9 Å². The molecule has 0 saturated heterocycles. The third-order valence-electron chi connectivity index (χ3n) is 11.1. The number of benzene rings is 6. The molecule has 0 heterocycles. The molecular formula is C54F20N14. The van der Waals surface area contributed by atoms with Gasteiger partial charge in [-0.2, -0.15) is 57.9 Å². The Morgan fingerprint density at radius 2 is 0.557 bits per heavy atom. The summed E-state index contributed by atoms with van der Waals surface area (Å²) in [4.78, 5) is 7.21. The molecule has 6 aromatic carbocycles. The van der Waals surface area contributed by atoms with Crippen LogP contribution >= 0.6 is 0 Å². The lowest BCUT2D eigenvalue weighted by Gasteiger charge is -2.12. The number of fused-ring (bicyclic) bond motifs is 1. The fourth-order valence-electron chi connectivity index (χ4n) is 7.26. The summed E-state index contributed by atoms with van der Waals surface area (Å²) < 4.78 is 287. The Hall–Kier alpha value is -13.7. The molecule has 14 nitrogen and oxygen atoms in total. The van der Waals surface area contributed by atoms with Gasteiger partial charge >= 0.3 is 0 Å². The van der Waals surface area contributed by atoms with Gasteiger partial charge in [-0.1, -0.05) is 0 Å². The number of hydrogen-bond donors (Lipinski definition) is 0. The van der Waals surface area contributed by atoms with Crippen LogP contribution in [0.3, 0.4) is 0 Å². The summed E-state index contributed by atoms with van der Waals surface area (Å²) >= 11 is 0. The highest BCUT2D eigenvalue weighted by Crippen LogP contribution is 2.35. The normalized spacial score (nSPS) is 10.5. The van der Waals surface area contributed by atoms with Gasteiger partial charge in [-0.25, -0.2) is 102 Å². The van der Waals surface area contributed by atoms with Gasteiger partial charge in [0.05, 0.1) is 73.6 Å². The zero-order valence-electron chi connectivity index (χ0n) is 40.8. The summed E-state index contributed by atoms with van der Waals surface area (Å²) in [6.07, 6.45) is 0. The van der Waals surface area contributed by atoms with Gasteiger partial charge in [-0.15, -0.1) is 0 Å². The van der Waals surface area contributed by atoms with Gasteiger partial charge < -0.3 is 0 Å². The Morgan fingerprint density at radius 3 is 0.830 bits per heavy atom. The van der Waals surface area contributed by atoms with E-state index in [1.54, 1.807) is 0 Å². The molecule has 0 N–H and O–H groups in total. The zero-order chi connectivity index (χ0) is 67.0. The molecule has 0 radical (unpaired) electrons. The van der Waals surface area contributed by atoms with Gasteiger partial charge in [0.2, 0.25) is 5.69 Å². The van der Waals surface area contributed by atoms with E-state index in [2.05, 4.69) is 14.5 Å². The summed E-state index contributed by atoms with van der Waals surface area (Å²) in [6.45, 7) is 21.0. The van der Waals surface area contributed by atoms with Crippen LogP contribution < -0.4 is 31.3 Å². The lowest BCUT2D eigenvalue weighted by molar-refractivity contribution is 0.434. The zero-order valence-corrected chi connectivity index (χ0v) is 40.8. The SMILES string of the molecule is N#CC(C#N)=c1c(F)c(F)c(=C(C#N)C#N)c(F)c1F.N#CC(C#N)=c1c(F)c(F)c2c(F)c(=C(C#N)C#N)c(F)c(F)c2c1F.[C-]#[N+]/C(c1c(F)c(F)c(C#N)c(F)c1F)=c1/c(F)c(C#N)/c(=C(\C#N)c2c(F)c(F)c([N+]#[C-])c(F)c2F)c(F)c1[N+]#[C-]. The van der Waals surface area contributed by atoms with E-state index in [0.717, 1.165) is 66.8 Å². The van der Waals surface area contributed by atoms with E-state index in [0.29, 0.717) is 0 Å². The van der Waals surface area contributed by atoms with Crippen molar-refractivity contribution in [3.8, 4) is 66.8 Å². The summed E-state index contributed by atoms with van der Waals surface area (Å²) in [6, 6.07) is 11.1. The van der Waals surface area contributed by atoms with E-state index in [4.69, 9.17) is 67.1 Å². The molecule has 6 rings (SSSR count). The first kappa shape index (κ1) is 66.8. The molecule has 88 heavy (non-hydrogen) atoms. The molecule has 426 valence electrons.